The van der Waals surface area contributed by atoms with Crippen molar-refractivity contribution in [2.45, 2.75) is 20.0 Å². The van der Waals surface area contributed by atoms with Crippen LogP contribution in [0.25, 0.3) is 167 Å². The number of aryl methyl sites for hydroxylation is 1. The number of anilines is 2. The number of nitrogens with zero attached hydrogens (tertiary/aromatic N) is 17. The third-order valence-corrected chi connectivity index (χ3v) is 29.9. The molecule has 146 heavy (non-hydrogen) atoms. The topological polar surface area (TPSA) is 373 Å². The van der Waals surface area contributed by atoms with Crippen molar-refractivity contribution in [3.05, 3.63) is 338 Å². The van der Waals surface area contributed by atoms with Crippen molar-refractivity contribution in [1.82, 2.24) is 79.7 Å². The summed E-state index contributed by atoms with van der Waals surface area (Å²) in [6.45, 7) is 2.85. The summed E-state index contributed by atoms with van der Waals surface area (Å²) in [5, 5.41) is 31.4. The van der Waals surface area contributed by atoms with Gasteiger partial charge in [-0.2, -0.15) is 9.65 Å². The van der Waals surface area contributed by atoms with Crippen molar-refractivity contribution in [2.24, 2.45) is 11.5 Å². The molecule has 0 amide bonds. The largest absolute Gasteiger partial charge is 0.508 e. The Morgan fingerprint density at radius 2 is 0.747 bits per heavy atom. The summed E-state index contributed by atoms with van der Waals surface area (Å²) in [5.74, 6) is 4.51. The standard InChI is InChI=1S/C14H13N3OS.C14H9N3OS.C14H12N2OS.2C13H10FN3S.2C13H9FN2OS.C13H11N3OS/c1-15-13-6-3-9(8-16-13)14-17-11-7-10(18-2)4-5-12(11)19-14;1-18-10-2-3-13-12(6-10)17-14(19-13)11-4-5-16-8-9(11)7-15;1-9-4-3-5-11(15-9)14-16-12-8-10(17-2)6-7-13(12)18-14;14-9-2-4-12-11(5-9)17-13(18-12)10-3-1-8(6-15)7-16-10;14-9-1-2-12-11(6-9)17-13(18-12)8-3-4-16-10(5-8)7-15;1-17-9-3-4-11-10(6-9)16-13(18-11)8-2-5-12(14)15-7-8;1-17-10-2-3-12-11(5-10)16-13(18-12)8-4-9(14)7-15-6-8;1-14-12-5-2-8(7-15-12)13-16-10-6-9(17)3-4-11(10)18-13/h3-8H,1-2H3,(H,15,16);2-6,8H,1H3;3-8H,1-2H3;1-5,7H,6,15H2;1-6H,7,15H2;2*2-7H,1H3;2-7,17H,1H3,(H,14,15). The Morgan fingerprint density at radius 1 is 0.329 bits per heavy atom. The molecule has 0 radical (unpaired) electrons. The number of nitriles is 1. The van der Waals surface area contributed by atoms with Crippen LogP contribution < -0.4 is 45.8 Å². The third kappa shape index (κ3) is 25.3. The molecule has 27 nitrogen and oxygen atoms in total. The third-order valence-electron chi connectivity index (χ3n) is 21.3. The fourth-order valence-corrected chi connectivity index (χ4v) is 21.4. The first-order valence-corrected chi connectivity index (χ1v) is 50.8. The van der Waals surface area contributed by atoms with Crippen LogP contribution in [0.4, 0.5) is 29.2 Å². The van der Waals surface area contributed by atoms with Crippen LogP contribution in [0.5, 0.6) is 34.5 Å². The summed E-state index contributed by atoms with van der Waals surface area (Å²) in [7, 11) is 11.9. The second-order valence-electron chi connectivity index (χ2n) is 31.0. The lowest BCUT2D eigenvalue weighted by atomic mass is 10.2. The number of fused-ring (bicyclic) bond motifs is 8. The number of hydrogen-bond acceptors (Lipinski definition) is 35. The molecule has 16 heterocycles. The Labute approximate surface area is 864 Å². The van der Waals surface area contributed by atoms with Crippen LogP contribution in [0, 0.1) is 41.7 Å². The number of ether oxygens (including phenoxy) is 5. The van der Waals surface area contributed by atoms with Gasteiger partial charge in [-0.3, -0.25) is 24.9 Å². The molecule has 728 valence electrons. The number of aromatic hydroxyl groups is 1. The van der Waals surface area contributed by atoms with E-state index >= 15 is 0 Å². The number of benzene rings is 8. The Bertz CT molecular complexity index is 8460. The first kappa shape index (κ1) is 101. The van der Waals surface area contributed by atoms with Gasteiger partial charge in [0.05, 0.1) is 146 Å². The zero-order chi connectivity index (χ0) is 102. The number of thiazole rings is 8. The van der Waals surface area contributed by atoms with Crippen LogP contribution in [-0.4, -0.2) is 134 Å². The molecule has 0 atom stereocenters. The number of rotatable bonds is 17. The fraction of sp³-hybridized carbons (Fsp3) is 0.0935. The highest BCUT2D eigenvalue weighted by molar-refractivity contribution is 7.24. The lowest BCUT2D eigenvalue weighted by molar-refractivity contribution is 0.415. The van der Waals surface area contributed by atoms with Crippen LogP contribution in [-0.2, 0) is 13.1 Å². The SMILES string of the molecule is CNc1ccc(-c2nc3cc(O)ccc3s2)cn1.CNc1ccc(-c2nc3cc(OC)ccc3s2)cn1.COc1ccc2sc(-c3ccc(F)nc3)nc2c1.COc1ccc2sc(-c3cccc(C)n3)nc2c1.COc1ccc2sc(-c3ccncc3C#N)nc2c1.COc1ccc2sc(-c3cncc(F)c3)nc2c1.NCc1cc(-c2nc3cc(F)ccc3s2)ccn1.NCc1ccc(-c2nc3cc(F)ccc3s2)nc1. The van der Waals surface area contributed by atoms with Crippen molar-refractivity contribution in [3.8, 4) is 125 Å². The summed E-state index contributed by atoms with van der Waals surface area (Å²) in [6, 6.07) is 73.4. The maximum absolute atomic E-state index is 13.1. The number of nitrogens with two attached hydrogens (primary N) is 2. The van der Waals surface area contributed by atoms with Crippen LogP contribution in [0.3, 0.4) is 0 Å². The van der Waals surface area contributed by atoms with Gasteiger partial charge in [0, 0.05) is 164 Å². The van der Waals surface area contributed by atoms with Gasteiger partial charge >= 0.3 is 0 Å². The highest BCUT2D eigenvalue weighted by Gasteiger charge is 2.19. The number of phenolic OH excluding ortho intramolecular Hbond substituents is 1. The first-order chi connectivity index (χ1) is 71.2. The molecule has 0 fully saturated rings. The van der Waals surface area contributed by atoms with Gasteiger partial charge in [-0.05, 0) is 188 Å². The molecular formula is C107H83F4N21O6S8. The van der Waals surface area contributed by atoms with Crippen LogP contribution in [0.2, 0.25) is 0 Å². The van der Waals surface area contributed by atoms with Gasteiger partial charge in [0.2, 0.25) is 5.95 Å². The molecule has 0 aliphatic heterocycles. The monoisotopic (exact) mass is 2090 g/mol. The summed E-state index contributed by atoms with van der Waals surface area (Å²) in [5.41, 5.74) is 28.1. The Morgan fingerprint density at radius 3 is 1.16 bits per heavy atom. The van der Waals surface area contributed by atoms with E-state index in [-0.39, 0.29) is 23.2 Å². The quantitative estimate of drug-likeness (QED) is 0.0417. The minimum Gasteiger partial charge on any atom is -0.508 e. The Balaban J connectivity index is 0.000000114. The molecule has 24 aromatic rings. The van der Waals surface area contributed by atoms with E-state index in [1.165, 1.54) is 82.8 Å². The molecule has 0 aliphatic carbocycles. The van der Waals surface area contributed by atoms with Crippen LogP contribution in [0.15, 0.2) is 292 Å². The summed E-state index contributed by atoms with van der Waals surface area (Å²) in [4.78, 5) is 69.0. The number of aromatic nitrogens is 16. The van der Waals surface area contributed by atoms with Crippen molar-refractivity contribution in [3.63, 3.8) is 0 Å². The fourth-order valence-electron chi connectivity index (χ4n) is 13.9. The van der Waals surface area contributed by atoms with Crippen LogP contribution >= 0.6 is 90.7 Å². The number of pyridine rings is 8. The molecule has 7 N–H and O–H groups in total. The van der Waals surface area contributed by atoms with Gasteiger partial charge < -0.3 is 50.9 Å². The number of nitrogens with one attached hydrogen (secondary N) is 2. The molecule has 39 heteroatoms. The number of halogens is 4. The van der Waals surface area contributed by atoms with E-state index in [2.05, 4.69) is 96.4 Å². The predicted octanol–water partition coefficient (Wildman–Crippen LogP) is 26.4. The zero-order valence-corrected chi connectivity index (χ0v) is 85.2. The molecule has 0 saturated carbocycles. The average molecular weight is 2090 g/mol. The van der Waals surface area contributed by atoms with E-state index in [0.29, 0.717) is 35.2 Å². The van der Waals surface area contributed by atoms with Gasteiger partial charge in [-0.15, -0.1) is 90.7 Å². The molecule has 0 saturated heterocycles. The summed E-state index contributed by atoms with van der Waals surface area (Å²) >= 11 is 12.5. The minimum atomic E-state index is -0.485. The number of hydrogen-bond donors (Lipinski definition) is 5. The molecule has 24 rings (SSSR count). The Hall–Kier alpha value is -16.4. The highest BCUT2D eigenvalue weighted by atomic mass is 32.1. The maximum Gasteiger partial charge on any atom is 0.212 e. The molecule has 0 bridgehead atoms. The average Bonchev–Trinajstić information content (AvgIpc) is 1.68. The van der Waals surface area contributed by atoms with Crippen molar-refractivity contribution in [1.29, 1.82) is 5.26 Å². The van der Waals surface area contributed by atoms with Gasteiger partial charge in [-0.25, -0.2) is 68.0 Å². The van der Waals surface area contributed by atoms with Crippen molar-refractivity contribution >= 4 is 184 Å². The highest BCUT2D eigenvalue weighted by Crippen LogP contribution is 2.41. The molecular weight excluding hydrogens is 2010 g/mol. The zero-order valence-electron chi connectivity index (χ0n) is 78.7. The lowest BCUT2D eigenvalue weighted by Gasteiger charge is -1.99. The van der Waals surface area contributed by atoms with Crippen molar-refractivity contribution < 1.29 is 46.4 Å². The van der Waals surface area contributed by atoms with E-state index in [1.807, 2.05) is 197 Å². The molecule has 16 aromatic heterocycles. The number of phenols is 1. The lowest BCUT2D eigenvalue weighted by Crippen LogP contribution is -1.98. The van der Waals surface area contributed by atoms with E-state index < -0.39 is 5.95 Å². The van der Waals surface area contributed by atoms with Gasteiger partial charge in [-0.1, -0.05) is 12.1 Å². The summed E-state index contributed by atoms with van der Waals surface area (Å²) < 4.78 is 86.4. The normalized spacial score (nSPS) is 10.7. The summed E-state index contributed by atoms with van der Waals surface area (Å²) in [6.07, 6.45) is 14.6. The maximum atomic E-state index is 13.1. The van der Waals surface area contributed by atoms with Gasteiger partial charge in [0.1, 0.15) is 110 Å². The molecule has 0 unspecified atom stereocenters. The van der Waals surface area contributed by atoms with E-state index in [0.717, 1.165) is 207 Å². The number of methoxy groups -OCH3 is 5. The first-order valence-electron chi connectivity index (χ1n) is 44.2. The van der Waals surface area contributed by atoms with Crippen LogP contribution in [0.1, 0.15) is 22.5 Å². The van der Waals surface area contributed by atoms with E-state index in [4.69, 9.17) is 40.4 Å². The van der Waals surface area contributed by atoms with Gasteiger partial charge in [0.25, 0.3) is 0 Å². The van der Waals surface area contributed by atoms with E-state index in [1.54, 1.807) is 160 Å². The molecule has 0 aliphatic rings. The second-order valence-corrected chi connectivity index (χ2v) is 39.3. The predicted molar refractivity (Wildman–Crippen MR) is 581 cm³/mol. The van der Waals surface area contributed by atoms with E-state index in [9.17, 15) is 22.7 Å². The molecule has 8 aromatic carbocycles. The Kier molecular flexibility index (Phi) is 33.0. The smallest absolute Gasteiger partial charge is 0.212 e. The van der Waals surface area contributed by atoms with Crippen molar-refractivity contribution in [2.75, 3.05) is 60.3 Å². The molecule has 0 spiro atoms. The minimum absolute atomic E-state index is 0.239. The second kappa shape index (κ2) is 47.7. The van der Waals surface area contributed by atoms with Gasteiger partial charge in [0.15, 0.2) is 0 Å².